The van der Waals surface area contributed by atoms with E-state index in [1.165, 1.54) is 5.56 Å². The van der Waals surface area contributed by atoms with Crippen LogP contribution in [-0.2, 0) is 4.74 Å². The number of hydrogen-bond acceptors (Lipinski definition) is 4. The average molecular weight is 280 g/mol. The van der Waals surface area contributed by atoms with Crippen LogP contribution in [0.2, 0.25) is 0 Å². The molecule has 114 valence electrons. The first kappa shape index (κ1) is 17.0. The summed E-state index contributed by atoms with van der Waals surface area (Å²) in [4.78, 5) is 2.30. The summed E-state index contributed by atoms with van der Waals surface area (Å²) in [6.45, 7) is 6.51. The molecule has 4 nitrogen and oxygen atoms in total. The quantitative estimate of drug-likeness (QED) is 0.752. The van der Waals surface area contributed by atoms with E-state index in [0.717, 1.165) is 18.9 Å². The molecule has 0 bridgehead atoms. The predicted molar refractivity (Wildman–Crippen MR) is 83.4 cm³/mol. The van der Waals surface area contributed by atoms with E-state index in [4.69, 9.17) is 9.47 Å². The third-order valence-corrected chi connectivity index (χ3v) is 3.57. The van der Waals surface area contributed by atoms with E-state index >= 15 is 0 Å². The first-order valence-corrected chi connectivity index (χ1v) is 7.22. The van der Waals surface area contributed by atoms with Gasteiger partial charge in [0.2, 0.25) is 0 Å². The molecule has 0 aromatic heterocycles. The van der Waals surface area contributed by atoms with Crippen LogP contribution in [0.4, 0.5) is 0 Å². The lowest BCUT2D eigenvalue weighted by Crippen LogP contribution is -2.39. The van der Waals surface area contributed by atoms with Crippen LogP contribution < -0.4 is 10.1 Å². The van der Waals surface area contributed by atoms with Gasteiger partial charge in [-0.25, -0.2) is 0 Å². The topological polar surface area (TPSA) is 33.7 Å². The van der Waals surface area contributed by atoms with E-state index in [2.05, 4.69) is 36.3 Å². The van der Waals surface area contributed by atoms with Crippen LogP contribution in [0.3, 0.4) is 0 Å². The van der Waals surface area contributed by atoms with E-state index in [0.29, 0.717) is 12.6 Å². The van der Waals surface area contributed by atoms with Crippen molar-refractivity contribution < 1.29 is 9.47 Å². The van der Waals surface area contributed by atoms with Crippen molar-refractivity contribution in [2.75, 3.05) is 41.0 Å². The Labute approximate surface area is 123 Å². The molecule has 4 heteroatoms. The van der Waals surface area contributed by atoms with Gasteiger partial charge in [-0.15, -0.1) is 0 Å². The molecule has 0 saturated heterocycles. The Morgan fingerprint density at radius 1 is 1.30 bits per heavy atom. The smallest absolute Gasteiger partial charge is 0.124 e. The summed E-state index contributed by atoms with van der Waals surface area (Å²) in [5.74, 6) is 0.960. The summed E-state index contributed by atoms with van der Waals surface area (Å²) in [6.07, 6.45) is 0. The van der Waals surface area contributed by atoms with Gasteiger partial charge in [0.25, 0.3) is 0 Å². The Morgan fingerprint density at radius 3 is 2.60 bits per heavy atom. The Balaban J connectivity index is 2.80. The van der Waals surface area contributed by atoms with Gasteiger partial charge in [0.1, 0.15) is 5.75 Å². The van der Waals surface area contributed by atoms with Crippen LogP contribution in [0.25, 0.3) is 0 Å². The normalized spacial score (nSPS) is 14.3. The minimum absolute atomic E-state index is 0.238. The molecule has 0 radical (unpaired) electrons. The molecule has 0 heterocycles. The van der Waals surface area contributed by atoms with Crippen LogP contribution >= 0.6 is 0 Å². The Bertz CT molecular complexity index is 384. The van der Waals surface area contributed by atoms with Gasteiger partial charge in [-0.05, 0) is 34.0 Å². The summed E-state index contributed by atoms with van der Waals surface area (Å²) < 4.78 is 10.9. The minimum Gasteiger partial charge on any atom is -0.494 e. The second-order valence-corrected chi connectivity index (χ2v) is 5.06. The lowest BCUT2D eigenvalue weighted by molar-refractivity contribution is 0.109. The largest absolute Gasteiger partial charge is 0.494 e. The fourth-order valence-corrected chi connectivity index (χ4v) is 2.24. The highest BCUT2D eigenvalue weighted by Gasteiger charge is 2.18. The zero-order valence-corrected chi connectivity index (χ0v) is 13.3. The van der Waals surface area contributed by atoms with Crippen LogP contribution in [0, 0.1) is 0 Å². The van der Waals surface area contributed by atoms with E-state index in [-0.39, 0.29) is 6.04 Å². The van der Waals surface area contributed by atoms with Gasteiger partial charge in [0.05, 0.1) is 13.2 Å². The van der Waals surface area contributed by atoms with Gasteiger partial charge in [-0.2, -0.15) is 0 Å². The Morgan fingerprint density at radius 2 is 2.00 bits per heavy atom. The summed E-state index contributed by atoms with van der Waals surface area (Å²) in [5, 5.41) is 3.38. The van der Waals surface area contributed by atoms with Crippen molar-refractivity contribution in [1.82, 2.24) is 10.2 Å². The molecule has 0 aliphatic carbocycles. The van der Waals surface area contributed by atoms with Crippen molar-refractivity contribution in [3.05, 3.63) is 29.8 Å². The summed E-state index contributed by atoms with van der Waals surface area (Å²) in [7, 11) is 5.85. The van der Waals surface area contributed by atoms with Crippen molar-refractivity contribution in [1.29, 1.82) is 0 Å². The first-order valence-electron chi connectivity index (χ1n) is 7.22. The fourth-order valence-electron chi connectivity index (χ4n) is 2.24. The molecule has 0 fully saturated rings. The molecule has 1 rings (SSSR count). The molecule has 2 atom stereocenters. The molecule has 1 aromatic carbocycles. The SMILES string of the molecule is CCOc1ccccc1C(CN(C)C(C)COC)NC. The predicted octanol–water partition coefficient (Wildman–Crippen LogP) is 2.31. The second-order valence-electron chi connectivity index (χ2n) is 5.06. The molecule has 2 unspecified atom stereocenters. The monoisotopic (exact) mass is 280 g/mol. The minimum atomic E-state index is 0.238. The number of para-hydroxylation sites is 1. The fraction of sp³-hybridized carbons (Fsp3) is 0.625. The lowest BCUT2D eigenvalue weighted by atomic mass is 10.0. The molecule has 0 aliphatic heterocycles. The molecular formula is C16H28N2O2. The maximum absolute atomic E-state index is 5.73. The number of nitrogens with zero attached hydrogens (tertiary/aromatic N) is 1. The van der Waals surface area contributed by atoms with Crippen LogP contribution in [0.1, 0.15) is 25.5 Å². The maximum atomic E-state index is 5.73. The molecule has 0 saturated carbocycles. The number of likely N-dealkylation sites (N-methyl/N-ethyl adjacent to an activating group) is 2. The molecule has 0 aliphatic rings. The van der Waals surface area contributed by atoms with Gasteiger partial charge >= 0.3 is 0 Å². The highest BCUT2D eigenvalue weighted by atomic mass is 16.5. The molecule has 1 N–H and O–H groups in total. The summed E-state index contributed by atoms with van der Waals surface area (Å²) in [5.41, 5.74) is 1.20. The van der Waals surface area contributed by atoms with Gasteiger partial charge in [0, 0.05) is 31.3 Å². The number of nitrogens with one attached hydrogen (secondary N) is 1. The maximum Gasteiger partial charge on any atom is 0.124 e. The highest BCUT2D eigenvalue weighted by molar-refractivity contribution is 5.36. The molecule has 20 heavy (non-hydrogen) atoms. The molecule has 0 spiro atoms. The van der Waals surface area contributed by atoms with Crippen molar-refractivity contribution >= 4 is 0 Å². The summed E-state index contributed by atoms with van der Waals surface area (Å²) in [6, 6.07) is 8.85. The van der Waals surface area contributed by atoms with Crippen LogP contribution in [0.5, 0.6) is 5.75 Å². The average Bonchev–Trinajstić information content (AvgIpc) is 2.46. The number of methoxy groups -OCH3 is 1. The Hall–Kier alpha value is -1.10. The molecule has 0 amide bonds. The number of rotatable bonds is 9. The van der Waals surface area contributed by atoms with Crippen molar-refractivity contribution in [3.63, 3.8) is 0 Å². The number of ether oxygens (including phenoxy) is 2. The first-order chi connectivity index (χ1) is 9.63. The Kier molecular flexibility index (Phi) is 7.59. The lowest BCUT2D eigenvalue weighted by Gasteiger charge is -2.29. The second kappa shape index (κ2) is 8.95. The van der Waals surface area contributed by atoms with E-state index in [9.17, 15) is 0 Å². The van der Waals surface area contributed by atoms with E-state index in [1.54, 1.807) is 7.11 Å². The molecule has 1 aromatic rings. The van der Waals surface area contributed by atoms with E-state index in [1.807, 2.05) is 26.1 Å². The standard InChI is InChI=1S/C16H28N2O2/c1-6-20-16-10-8-7-9-14(16)15(17-3)11-18(4)13(2)12-19-5/h7-10,13,15,17H,6,11-12H2,1-5H3. The van der Waals surface area contributed by atoms with Gasteiger partial charge in [-0.3, -0.25) is 4.90 Å². The van der Waals surface area contributed by atoms with Gasteiger partial charge < -0.3 is 14.8 Å². The third-order valence-electron chi connectivity index (χ3n) is 3.57. The van der Waals surface area contributed by atoms with Crippen LogP contribution in [-0.4, -0.2) is 51.9 Å². The zero-order chi connectivity index (χ0) is 15.0. The van der Waals surface area contributed by atoms with Crippen molar-refractivity contribution in [2.24, 2.45) is 0 Å². The highest BCUT2D eigenvalue weighted by Crippen LogP contribution is 2.25. The number of hydrogen-bond donors (Lipinski definition) is 1. The van der Waals surface area contributed by atoms with Crippen molar-refractivity contribution in [3.8, 4) is 5.75 Å². The number of benzene rings is 1. The third kappa shape index (κ3) is 4.78. The van der Waals surface area contributed by atoms with E-state index < -0.39 is 0 Å². The van der Waals surface area contributed by atoms with Gasteiger partial charge in [-0.1, -0.05) is 18.2 Å². The van der Waals surface area contributed by atoms with Gasteiger partial charge in [0.15, 0.2) is 0 Å². The van der Waals surface area contributed by atoms with Crippen molar-refractivity contribution in [2.45, 2.75) is 25.9 Å². The zero-order valence-electron chi connectivity index (χ0n) is 13.3. The molecular weight excluding hydrogens is 252 g/mol. The summed E-state index contributed by atoms with van der Waals surface area (Å²) >= 11 is 0. The van der Waals surface area contributed by atoms with Crippen LogP contribution in [0.15, 0.2) is 24.3 Å².